The van der Waals surface area contributed by atoms with Crippen LogP contribution in [-0.4, -0.2) is 35.4 Å². The van der Waals surface area contributed by atoms with E-state index in [1.807, 2.05) is 54.2 Å². The molecule has 1 atom stereocenters. The highest BCUT2D eigenvalue weighted by atomic mass is 16.6. The molecule has 2 rings (SSSR count). The van der Waals surface area contributed by atoms with Gasteiger partial charge in [-0.3, -0.25) is 15.0 Å². The molecule has 1 unspecified atom stereocenters. The van der Waals surface area contributed by atoms with Gasteiger partial charge in [-0.25, -0.2) is 0 Å². The molecule has 0 N–H and O–H groups in total. The van der Waals surface area contributed by atoms with Crippen LogP contribution in [0.25, 0.3) is 0 Å². The van der Waals surface area contributed by atoms with Gasteiger partial charge in [0.25, 0.3) is 5.70 Å². The standard InChI is InChI=1S/C12H15N3O2/c1-13-8-11(15(16)17)9-14(2)12(13)10-6-4-3-5-7-10/h3-8,12H,9H2,1-2H3. The Morgan fingerprint density at radius 3 is 2.47 bits per heavy atom. The minimum Gasteiger partial charge on any atom is -0.356 e. The Morgan fingerprint density at radius 1 is 1.29 bits per heavy atom. The van der Waals surface area contributed by atoms with Gasteiger partial charge in [0.05, 0.1) is 17.7 Å². The average Bonchev–Trinajstić information content (AvgIpc) is 2.29. The van der Waals surface area contributed by atoms with Crippen LogP contribution in [0.3, 0.4) is 0 Å². The van der Waals surface area contributed by atoms with E-state index in [4.69, 9.17) is 0 Å². The molecule has 0 saturated heterocycles. The average molecular weight is 233 g/mol. The smallest absolute Gasteiger partial charge is 0.275 e. The zero-order valence-corrected chi connectivity index (χ0v) is 9.91. The second-order valence-corrected chi connectivity index (χ2v) is 4.24. The molecule has 0 saturated carbocycles. The second kappa shape index (κ2) is 4.55. The van der Waals surface area contributed by atoms with Crippen LogP contribution >= 0.6 is 0 Å². The van der Waals surface area contributed by atoms with E-state index in [-0.39, 0.29) is 16.8 Å². The number of rotatable bonds is 2. The van der Waals surface area contributed by atoms with Crippen molar-refractivity contribution in [2.24, 2.45) is 0 Å². The SMILES string of the molecule is CN1C=C([N+](=O)[O-])CN(C)C1c1ccccc1. The van der Waals surface area contributed by atoms with E-state index in [0.717, 1.165) is 5.56 Å². The van der Waals surface area contributed by atoms with Gasteiger partial charge < -0.3 is 4.90 Å². The molecule has 0 amide bonds. The molecule has 0 bridgehead atoms. The second-order valence-electron chi connectivity index (χ2n) is 4.24. The Hall–Kier alpha value is -1.88. The van der Waals surface area contributed by atoms with Gasteiger partial charge in [0.15, 0.2) is 0 Å². The quantitative estimate of drug-likeness (QED) is 0.576. The maximum atomic E-state index is 10.8. The molecule has 0 aromatic heterocycles. The van der Waals surface area contributed by atoms with Crippen LogP contribution in [-0.2, 0) is 0 Å². The van der Waals surface area contributed by atoms with Crippen molar-refractivity contribution in [1.29, 1.82) is 0 Å². The predicted octanol–water partition coefficient (Wildman–Crippen LogP) is 1.68. The number of nitrogens with zero attached hydrogens (tertiary/aromatic N) is 3. The van der Waals surface area contributed by atoms with E-state index in [9.17, 15) is 10.1 Å². The summed E-state index contributed by atoms with van der Waals surface area (Å²) in [5.74, 6) is 0. The van der Waals surface area contributed by atoms with Gasteiger partial charge in [-0.2, -0.15) is 0 Å². The van der Waals surface area contributed by atoms with Crippen molar-refractivity contribution in [3.05, 3.63) is 57.9 Å². The zero-order chi connectivity index (χ0) is 12.4. The normalized spacial score (nSPS) is 21.2. The third kappa shape index (κ3) is 2.29. The van der Waals surface area contributed by atoms with Crippen LogP contribution in [0.2, 0.25) is 0 Å². The van der Waals surface area contributed by atoms with Crippen molar-refractivity contribution >= 4 is 0 Å². The number of hydrogen-bond donors (Lipinski definition) is 0. The topological polar surface area (TPSA) is 49.6 Å². The Balaban J connectivity index is 2.30. The van der Waals surface area contributed by atoms with Gasteiger partial charge in [0, 0.05) is 7.05 Å². The minimum absolute atomic E-state index is 0.0555. The van der Waals surface area contributed by atoms with Crippen LogP contribution in [0.5, 0.6) is 0 Å². The van der Waals surface area contributed by atoms with E-state index in [1.165, 1.54) is 0 Å². The summed E-state index contributed by atoms with van der Waals surface area (Å²) in [6.07, 6.45) is 1.66. The zero-order valence-electron chi connectivity index (χ0n) is 9.91. The molecule has 0 spiro atoms. The molecule has 5 nitrogen and oxygen atoms in total. The van der Waals surface area contributed by atoms with Crippen molar-refractivity contribution in [2.75, 3.05) is 20.6 Å². The molecule has 0 fully saturated rings. The van der Waals surface area contributed by atoms with Crippen molar-refractivity contribution in [2.45, 2.75) is 6.17 Å². The van der Waals surface area contributed by atoms with Crippen molar-refractivity contribution in [3.8, 4) is 0 Å². The Bertz CT molecular complexity index is 444. The molecular weight excluding hydrogens is 218 g/mol. The summed E-state index contributed by atoms with van der Waals surface area (Å²) in [5, 5.41) is 10.8. The van der Waals surface area contributed by atoms with E-state index < -0.39 is 0 Å². The lowest BCUT2D eigenvalue weighted by Crippen LogP contribution is -2.41. The first-order chi connectivity index (χ1) is 8.09. The van der Waals surface area contributed by atoms with Crippen LogP contribution < -0.4 is 0 Å². The number of likely N-dealkylation sites (N-methyl/N-ethyl adjacent to an activating group) is 1. The molecular formula is C12H15N3O2. The maximum absolute atomic E-state index is 10.8. The van der Waals surface area contributed by atoms with Crippen molar-refractivity contribution in [3.63, 3.8) is 0 Å². The molecule has 17 heavy (non-hydrogen) atoms. The first-order valence-electron chi connectivity index (χ1n) is 5.42. The fraction of sp³-hybridized carbons (Fsp3) is 0.333. The van der Waals surface area contributed by atoms with E-state index in [0.29, 0.717) is 6.54 Å². The summed E-state index contributed by atoms with van der Waals surface area (Å²) >= 11 is 0. The van der Waals surface area contributed by atoms with Crippen LogP contribution in [0, 0.1) is 10.1 Å². The monoisotopic (exact) mass is 233 g/mol. The van der Waals surface area contributed by atoms with Crippen molar-refractivity contribution in [1.82, 2.24) is 9.80 Å². The lowest BCUT2D eigenvalue weighted by Gasteiger charge is -2.37. The molecule has 1 aliphatic rings. The lowest BCUT2D eigenvalue weighted by molar-refractivity contribution is -0.431. The van der Waals surface area contributed by atoms with Crippen LogP contribution in [0.1, 0.15) is 11.7 Å². The first-order valence-corrected chi connectivity index (χ1v) is 5.42. The summed E-state index contributed by atoms with van der Waals surface area (Å²) in [7, 11) is 3.75. The summed E-state index contributed by atoms with van der Waals surface area (Å²) in [6, 6.07) is 9.98. The Labute approximate surface area is 100 Å². The number of benzene rings is 1. The molecule has 0 aliphatic carbocycles. The third-order valence-corrected chi connectivity index (χ3v) is 2.90. The van der Waals surface area contributed by atoms with E-state index in [2.05, 4.69) is 0 Å². The maximum Gasteiger partial charge on any atom is 0.275 e. The van der Waals surface area contributed by atoms with Crippen LogP contribution in [0.4, 0.5) is 0 Å². The van der Waals surface area contributed by atoms with Gasteiger partial charge in [-0.15, -0.1) is 0 Å². The van der Waals surface area contributed by atoms with Gasteiger partial charge in [-0.1, -0.05) is 30.3 Å². The van der Waals surface area contributed by atoms with E-state index >= 15 is 0 Å². The fourth-order valence-electron chi connectivity index (χ4n) is 2.22. The van der Waals surface area contributed by atoms with Gasteiger partial charge >= 0.3 is 0 Å². The summed E-state index contributed by atoms with van der Waals surface area (Å²) in [6.45, 7) is 0.358. The highest BCUT2D eigenvalue weighted by Crippen LogP contribution is 2.27. The molecule has 5 heteroatoms. The van der Waals surface area contributed by atoms with E-state index in [1.54, 1.807) is 6.20 Å². The van der Waals surface area contributed by atoms with Gasteiger partial charge in [-0.05, 0) is 12.6 Å². The molecule has 1 aliphatic heterocycles. The molecule has 1 aromatic carbocycles. The fourth-order valence-corrected chi connectivity index (χ4v) is 2.22. The minimum atomic E-state index is -0.325. The summed E-state index contributed by atoms with van der Waals surface area (Å²) in [4.78, 5) is 14.3. The van der Waals surface area contributed by atoms with Crippen LogP contribution in [0.15, 0.2) is 42.2 Å². The Morgan fingerprint density at radius 2 is 1.94 bits per heavy atom. The predicted molar refractivity (Wildman–Crippen MR) is 64.7 cm³/mol. The summed E-state index contributed by atoms with van der Waals surface area (Å²) < 4.78 is 0. The molecule has 1 heterocycles. The Kier molecular flexibility index (Phi) is 3.10. The molecule has 90 valence electrons. The van der Waals surface area contributed by atoms with Crippen molar-refractivity contribution < 1.29 is 4.92 Å². The molecule has 0 radical (unpaired) electrons. The largest absolute Gasteiger partial charge is 0.356 e. The van der Waals surface area contributed by atoms with Gasteiger partial charge in [0.1, 0.15) is 6.17 Å². The van der Waals surface area contributed by atoms with Gasteiger partial charge in [0.2, 0.25) is 0 Å². The first kappa shape index (κ1) is 11.6. The lowest BCUT2D eigenvalue weighted by atomic mass is 10.1. The number of nitro groups is 1. The molecule has 1 aromatic rings. The summed E-state index contributed by atoms with van der Waals surface area (Å²) in [5.41, 5.74) is 1.36. The highest BCUT2D eigenvalue weighted by molar-refractivity contribution is 5.21. The highest BCUT2D eigenvalue weighted by Gasteiger charge is 2.29. The third-order valence-electron chi connectivity index (χ3n) is 2.90. The number of hydrogen-bond acceptors (Lipinski definition) is 4.